The van der Waals surface area contributed by atoms with E-state index in [1.54, 1.807) is 0 Å². The number of fused-ring (bicyclic) bond motifs is 1. The zero-order chi connectivity index (χ0) is 20.6. The van der Waals surface area contributed by atoms with Crippen molar-refractivity contribution in [2.24, 2.45) is 7.05 Å². The van der Waals surface area contributed by atoms with Crippen molar-refractivity contribution in [1.82, 2.24) is 4.57 Å². The number of non-ortho nitro benzene ring substituents is 1. The van der Waals surface area contributed by atoms with Crippen molar-refractivity contribution < 1.29 is 24.7 Å². The lowest BCUT2D eigenvalue weighted by Crippen LogP contribution is -2.27. The number of nitrogens with one attached hydrogen (secondary N) is 1. The summed E-state index contributed by atoms with van der Waals surface area (Å²) in [6.07, 6.45) is 0. The monoisotopic (exact) mass is 383 g/mol. The number of carbonyl (C=O) groups is 2. The van der Waals surface area contributed by atoms with Gasteiger partial charge in [0.1, 0.15) is 16.9 Å². The van der Waals surface area contributed by atoms with E-state index < -0.39 is 33.7 Å². The first-order valence-corrected chi connectivity index (χ1v) is 7.85. The second-order valence-corrected chi connectivity index (χ2v) is 5.91. The third kappa shape index (κ3) is 3.26. The fourth-order valence-corrected chi connectivity index (χ4v) is 2.73. The van der Waals surface area contributed by atoms with Crippen molar-refractivity contribution in [2.45, 2.75) is 0 Å². The van der Waals surface area contributed by atoms with Crippen LogP contribution in [0.25, 0.3) is 10.9 Å². The molecule has 0 aliphatic heterocycles. The molecule has 1 heterocycles. The molecule has 1 aromatic heterocycles. The molecule has 142 valence electrons. The van der Waals surface area contributed by atoms with Gasteiger partial charge in [-0.1, -0.05) is 0 Å². The molecule has 0 saturated carbocycles. The third-order valence-corrected chi connectivity index (χ3v) is 4.15. The van der Waals surface area contributed by atoms with Crippen LogP contribution in [-0.2, 0) is 7.05 Å². The Kier molecular flexibility index (Phi) is 4.53. The van der Waals surface area contributed by atoms with E-state index in [0.29, 0.717) is 10.9 Å². The Balaban J connectivity index is 2.05. The number of amides is 1. The van der Waals surface area contributed by atoms with Crippen LogP contribution in [-0.4, -0.2) is 31.6 Å². The summed E-state index contributed by atoms with van der Waals surface area (Å²) in [4.78, 5) is 46.5. The quantitative estimate of drug-likeness (QED) is 0.354. The number of carboxylic acids is 1. The van der Waals surface area contributed by atoms with Crippen LogP contribution in [0.4, 0.5) is 11.4 Å². The molecule has 0 saturated heterocycles. The number of benzene rings is 2. The molecule has 0 aliphatic carbocycles. The van der Waals surface area contributed by atoms with Crippen LogP contribution in [0.3, 0.4) is 0 Å². The highest BCUT2D eigenvalue weighted by Crippen LogP contribution is 2.23. The Morgan fingerprint density at radius 3 is 2.46 bits per heavy atom. The number of aromatic hydroxyl groups is 1. The van der Waals surface area contributed by atoms with Gasteiger partial charge in [0.2, 0.25) is 0 Å². The zero-order valence-electron chi connectivity index (χ0n) is 14.4. The molecule has 0 unspecified atom stereocenters. The van der Waals surface area contributed by atoms with Gasteiger partial charge in [0.25, 0.3) is 17.2 Å². The van der Waals surface area contributed by atoms with E-state index in [4.69, 9.17) is 5.11 Å². The number of pyridine rings is 1. The predicted octanol–water partition coefficient (Wildman–Crippen LogP) is 2.10. The van der Waals surface area contributed by atoms with E-state index in [9.17, 15) is 29.6 Å². The van der Waals surface area contributed by atoms with Gasteiger partial charge in [-0.25, -0.2) is 4.79 Å². The molecular formula is C18H13N3O7. The number of hydrogen-bond acceptors (Lipinski definition) is 6. The van der Waals surface area contributed by atoms with Crippen molar-refractivity contribution in [1.29, 1.82) is 0 Å². The number of aryl methyl sites for hydroxylation is 1. The van der Waals surface area contributed by atoms with E-state index >= 15 is 0 Å². The number of rotatable bonds is 4. The Bertz CT molecular complexity index is 1210. The number of aromatic carboxylic acids is 1. The van der Waals surface area contributed by atoms with Gasteiger partial charge >= 0.3 is 5.97 Å². The van der Waals surface area contributed by atoms with Crippen molar-refractivity contribution in [3.63, 3.8) is 0 Å². The van der Waals surface area contributed by atoms with Crippen LogP contribution >= 0.6 is 0 Å². The number of nitrogens with zero attached hydrogens (tertiary/aromatic N) is 2. The summed E-state index contributed by atoms with van der Waals surface area (Å²) in [5.41, 5.74) is -1.05. The van der Waals surface area contributed by atoms with Crippen molar-refractivity contribution >= 4 is 34.2 Å². The average molecular weight is 383 g/mol. The SMILES string of the molecule is Cn1c(=O)c(C(=O)Nc2ccc(O)c(C(=O)O)c2)cc2cc([N+](=O)[O-])ccc21. The number of carboxylic acid groups (broad SMARTS) is 1. The molecule has 0 fully saturated rings. The minimum absolute atomic E-state index is 0.0568. The molecule has 10 nitrogen and oxygen atoms in total. The summed E-state index contributed by atoms with van der Waals surface area (Å²) >= 11 is 0. The van der Waals surface area contributed by atoms with Crippen molar-refractivity contribution in [2.75, 3.05) is 5.32 Å². The molecule has 2 aromatic carbocycles. The Labute approximate surface area is 156 Å². The fourth-order valence-electron chi connectivity index (χ4n) is 2.73. The minimum Gasteiger partial charge on any atom is -0.507 e. The zero-order valence-corrected chi connectivity index (χ0v) is 14.4. The first-order chi connectivity index (χ1) is 13.2. The van der Waals surface area contributed by atoms with E-state index in [1.807, 2.05) is 0 Å². The lowest BCUT2D eigenvalue weighted by atomic mass is 10.1. The summed E-state index contributed by atoms with van der Waals surface area (Å²) < 4.78 is 1.19. The molecule has 3 N–H and O–H groups in total. The molecule has 28 heavy (non-hydrogen) atoms. The largest absolute Gasteiger partial charge is 0.507 e. The maximum absolute atomic E-state index is 12.5. The summed E-state index contributed by atoms with van der Waals surface area (Å²) in [6, 6.07) is 8.57. The van der Waals surface area contributed by atoms with Crippen molar-refractivity contribution in [3.8, 4) is 5.75 Å². The Hall–Kier alpha value is -4.21. The molecule has 0 radical (unpaired) electrons. The fraction of sp³-hybridized carbons (Fsp3) is 0.0556. The van der Waals surface area contributed by atoms with Gasteiger partial charge in [-0.05, 0) is 30.3 Å². The molecule has 0 aliphatic rings. The van der Waals surface area contributed by atoms with E-state index in [1.165, 1.54) is 41.9 Å². The number of nitro benzene ring substituents is 1. The lowest BCUT2D eigenvalue weighted by Gasteiger charge is -2.10. The molecule has 1 amide bonds. The molecule has 0 atom stereocenters. The summed E-state index contributed by atoms with van der Waals surface area (Å²) in [6.45, 7) is 0. The lowest BCUT2D eigenvalue weighted by molar-refractivity contribution is -0.384. The summed E-state index contributed by atoms with van der Waals surface area (Å²) in [7, 11) is 1.43. The van der Waals surface area contributed by atoms with Crippen LogP contribution in [0.1, 0.15) is 20.7 Å². The summed E-state index contributed by atoms with van der Waals surface area (Å²) in [5, 5.41) is 32.2. The number of carbonyl (C=O) groups excluding carboxylic acids is 1. The van der Waals surface area contributed by atoms with Crippen LogP contribution in [0.5, 0.6) is 5.75 Å². The molecule has 3 aromatic rings. The predicted molar refractivity (Wildman–Crippen MR) is 98.9 cm³/mol. The smallest absolute Gasteiger partial charge is 0.339 e. The molecule has 10 heteroatoms. The van der Waals surface area contributed by atoms with Crippen molar-refractivity contribution in [3.05, 3.63) is 74.1 Å². The maximum atomic E-state index is 12.5. The highest BCUT2D eigenvalue weighted by molar-refractivity contribution is 6.06. The van der Waals surface area contributed by atoms with Gasteiger partial charge in [0, 0.05) is 30.3 Å². The molecule has 3 rings (SSSR count). The second-order valence-electron chi connectivity index (χ2n) is 5.91. The van der Waals surface area contributed by atoms with Crippen LogP contribution in [0, 0.1) is 10.1 Å². The van der Waals surface area contributed by atoms with Gasteiger partial charge < -0.3 is 20.1 Å². The highest BCUT2D eigenvalue weighted by Gasteiger charge is 2.18. The van der Waals surface area contributed by atoms with Gasteiger partial charge in [0.15, 0.2) is 0 Å². The van der Waals surface area contributed by atoms with Crippen LogP contribution in [0.2, 0.25) is 0 Å². The number of phenols is 1. The summed E-state index contributed by atoms with van der Waals surface area (Å²) in [5.74, 6) is -2.68. The van der Waals surface area contributed by atoms with Gasteiger partial charge in [-0.3, -0.25) is 19.7 Å². The molecular weight excluding hydrogens is 370 g/mol. The molecule has 0 spiro atoms. The number of hydrogen-bond donors (Lipinski definition) is 3. The minimum atomic E-state index is -1.39. The Morgan fingerprint density at radius 1 is 1.11 bits per heavy atom. The topological polar surface area (TPSA) is 152 Å². The first-order valence-electron chi connectivity index (χ1n) is 7.85. The van der Waals surface area contributed by atoms with Crippen LogP contribution < -0.4 is 10.9 Å². The normalized spacial score (nSPS) is 10.6. The van der Waals surface area contributed by atoms with Gasteiger partial charge in [-0.15, -0.1) is 0 Å². The standard InChI is InChI=1S/C18H13N3O7/c1-20-14-4-3-11(21(27)28)6-9(14)7-13(17(20)24)16(23)19-10-2-5-15(22)12(8-10)18(25)26/h2-8,22H,1H3,(H,19,23)(H,25,26). The van der Waals surface area contributed by atoms with Crippen LogP contribution in [0.15, 0.2) is 47.3 Å². The second kappa shape index (κ2) is 6.83. The highest BCUT2D eigenvalue weighted by atomic mass is 16.6. The Morgan fingerprint density at radius 2 is 1.82 bits per heavy atom. The average Bonchev–Trinajstić information content (AvgIpc) is 2.65. The van der Waals surface area contributed by atoms with E-state index in [2.05, 4.69) is 5.32 Å². The van der Waals surface area contributed by atoms with E-state index in [-0.39, 0.29) is 16.9 Å². The van der Waals surface area contributed by atoms with Gasteiger partial charge in [-0.2, -0.15) is 0 Å². The molecule has 0 bridgehead atoms. The number of nitro groups is 1. The number of aromatic nitrogens is 1. The van der Waals surface area contributed by atoms with Gasteiger partial charge in [0.05, 0.1) is 10.4 Å². The third-order valence-electron chi connectivity index (χ3n) is 4.15. The van der Waals surface area contributed by atoms with E-state index in [0.717, 1.165) is 12.1 Å². The first kappa shape index (κ1) is 18.6. The number of anilines is 1. The maximum Gasteiger partial charge on any atom is 0.339 e.